The van der Waals surface area contributed by atoms with E-state index in [1.54, 1.807) is 60.7 Å². The number of amides is 2. The van der Waals surface area contributed by atoms with Gasteiger partial charge in [-0.15, -0.1) is 0 Å². The second-order valence-electron chi connectivity index (χ2n) is 6.43. The third-order valence-electron chi connectivity index (χ3n) is 4.54. The molecule has 0 aliphatic carbocycles. The van der Waals surface area contributed by atoms with Crippen molar-refractivity contribution in [2.24, 2.45) is 0 Å². The molecule has 2 heterocycles. The molecule has 0 N–H and O–H groups in total. The van der Waals surface area contributed by atoms with Crippen molar-refractivity contribution in [3.8, 4) is 23.5 Å². The van der Waals surface area contributed by atoms with Gasteiger partial charge in [0.15, 0.2) is 0 Å². The van der Waals surface area contributed by atoms with E-state index in [1.807, 2.05) is 0 Å². The molecule has 1 fully saturated rings. The van der Waals surface area contributed by atoms with Gasteiger partial charge in [0, 0.05) is 11.6 Å². The van der Waals surface area contributed by atoms with E-state index >= 15 is 0 Å². The fourth-order valence-corrected chi connectivity index (χ4v) is 3.82. The Morgan fingerprint density at radius 3 is 2.47 bits per heavy atom. The summed E-state index contributed by atoms with van der Waals surface area (Å²) in [5.41, 5.74) is 2.40. The second-order valence-corrected chi connectivity index (χ2v) is 7.42. The van der Waals surface area contributed by atoms with E-state index in [4.69, 9.17) is 9.68 Å². The summed E-state index contributed by atoms with van der Waals surface area (Å²) < 4.78 is 5.78. The van der Waals surface area contributed by atoms with Crippen molar-refractivity contribution in [3.05, 3.63) is 88.0 Å². The number of benzene rings is 2. The standard InChI is InChI=1S/C23H13N3O3S/c24-12-15-5-7-16(8-6-15)20-10-9-19(29-20)11-21-22(27)26(23(28)30-21)14-18-4-2-1-3-17(18)13-25/h1-11H,14H2/b21-11+. The lowest BCUT2D eigenvalue weighted by Crippen LogP contribution is -2.27. The Bertz CT molecular complexity index is 1260. The highest BCUT2D eigenvalue weighted by Crippen LogP contribution is 2.34. The SMILES string of the molecule is N#Cc1ccc(-c2ccc(/C=C3/SC(=O)N(Cc4ccccc4C#N)C3=O)o2)cc1. The van der Waals surface area contributed by atoms with Gasteiger partial charge >= 0.3 is 0 Å². The monoisotopic (exact) mass is 411 g/mol. The van der Waals surface area contributed by atoms with Gasteiger partial charge in [-0.05, 0) is 59.8 Å². The number of nitrogens with zero attached hydrogens (tertiary/aromatic N) is 3. The maximum atomic E-state index is 12.7. The molecule has 1 saturated heterocycles. The molecule has 144 valence electrons. The van der Waals surface area contributed by atoms with Gasteiger partial charge in [0.05, 0.1) is 34.7 Å². The summed E-state index contributed by atoms with van der Waals surface area (Å²) in [5, 5.41) is 17.7. The first-order valence-electron chi connectivity index (χ1n) is 8.93. The minimum Gasteiger partial charge on any atom is -0.457 e. The first-order valence-corrected chi connectivity index (χ1v) is 9.74. The summed E-state index contributed by atoms with van der Waals surface area (Å²) in [5.74, 6) is 0.610. The van der Waals surface area contributed by atoms with Crippen LogP contribution in [0.2, 0.25) is 0 Å². The lowest BCUT2D eigenvalue weighted by molar-refractivity contribution is -0.123. The van der Waals surface area contributed by atoms with Crippen molar-refractivity contribution in [2.45, 2.75) is 6.54 Å². The normalized spacial score (nSPS) is 14.7. The molecule has 1 aliphatic heterocycles. The molecule has 0 spiro atoms. The molecular weight excluding hydrogens is 398 g/mol. The Hall–Kier alpha value is -4.07. The first-order chi connectivity index (χ1) is 14.6. The molecule has 30 heavy (non-hydrogen) atoms. The molecule has 6 nitrogen and oxygen atoms in total. The number of rotatable bonds is 4. The lowest BCUT2D eigenvalue weighted by Gasteiger charge is -2.13. The number of nitriles is 2. The molecule has 7 heteroatoms. The molecule has 2 aromatic carbocycles. The predicted octanol–water partition coefficient (Wildman–Crippen LogP) is 4.93. The molecule has 0 bridgehead atoms. The van der Waals surface area contributed by atoms with Crippen molar-refractivity contribution >= 4 is 29.0 Å². The van der Waals surface area contributed by atoms with Crippen molar-refractivity contribution < 1.29 is 14.0 Å². The van der Waals surface area contributed by atoms with E-state index in [2.05, 4.69) is 12.1 Å². The van der Waals surface area contributed by atoms with Crippen LogP contribution in [0.5, 0.6) is 0 Å². The average molecular weight is 411 g/mol. The maximum absolute atomic E-state index is 12.7. The van der Waals surface area contributed by atoms with Crippen molar-refractivity contribution in [1.82, 2.24) is 4.90 Å². The largest absolute Gasteiger partial charge is 0.457 e. The van der Waals surface area contributed by atoms with Crippen molar-refractivity contribution in [2.75, 3.05) is 0 Å². The van der Waals surface area contributed by atoms with Crippen molar-refractivity contribution in [3.63, 3.8) is 0 Å². The van der Waals surface area contributed by atoms with Gasteiger partial charge in [-0.25, -0.2) is 0 Å². The van der Waals surface area contributed by atoms with Crippen LogP contribution in [-0.2, 0) is 11.3 Å². The van der Waals surface area contributed by atoms with Gasteiger partial charge in [-0.2, -0.15) is 10.5 Å². The van der Waals surface area contributed by atoms with Crippen LogP contribution in [-0.4, -0.2) is 16.0 Å². The van der Waals surface area contributed by atoms with Gasteiger partial charge in [0.25, 0.3) is 11.1 Å². The Morgan fingerprint density at radius 1 is 0.967 bits per heavy atom. The Balaban J connectivity index is 1.54. The van der Waals surface area contributed by atoms with Crippen molar-refractivity contribution in [1.29, 1.82) is 10.5 Å². The summed E-state index contributed by atoms with van der Waals surface area (Å²) in [6.45, 7) is 0.0420. The Labute approximate surface area is 176 Å². The fraction of sp³-hybridized carbons (Fsp3) is 0.0435. The lowest BCUT2D eigenvalue weighted by atomic mass is 10.1. The number of hydrogen-bond acceptors (Lipinski definition) is 6. The molecule has 1 aromatic heterocycles. The summed E-state index contributed by atoms with van der Waals surface area (Å²) in [7, 11) is 0. The molecule has 3 aromatic rings. The zero-order valence-electron chi connectivity index (χ0n) is 15.5. The molecule has 0 unspecified atom stereocenters. The molecule has 0 atom stereocenters. The third kappa shape index (κ3) is 3.75. The van der Waals surface area contributed by atoms with Crippen LogP contribution in [0.15, 0.2) is 70.0 Å². The summed E-state index contributed by atoms with van der Waals surface area (Å²) in [6, 6.07) is 21.4. The molecular formula is C23H13N3O3S. The molecule has 0 radical (unpaired) electrons. The minimum atomic E-state index is -0.422. The van der Waals surface area contributed by atoms with Crippen LogP contribution >= 0.6 is 11.8 Å². The summed E-state index contributed by atoms with van der Waals surface area (Å²) in [4.78, 5) is 26.5. The molecule has 4 rings (SSSR count). The van der Waals surface area contributed by atoms with Crippen LogP contribution in [0.1, 0.15) is 22.5 Å². The third-order valence-corrected chi connectivity index (χ3v) is 5.45. The number of imide groups is 1. The molecule has 1 aliphatic rings. The van der Waals surface area contributed by atoms with E-state index in [9.17, 15) is 14.9 Å². The van der Waals surface area contributed by atoms with Gasteiger partial charge in [0.2, 0.25) is 0 Å². The van der Waals surface area contributed by atoms with Crippen LogP contribution < -0.4 is 0 Å². The smallest absolute Gasteiger partial charge is 0.293 e. The van der Waals surface area contributed by atoms with Gasteiger partial charge in [0.1, 0.15) is 11.5 Å². The first kappa shape index (κ1) is 19.3. The fourth-order valence-electron chi connectivity index (χ4n) is 3.00. The van der Waals surface area contributed by atoms with Crippen LogP contribution in [0.4, 0.5) is 4.79 Å². The number of hydrogen-bond donors (Lipinski definition) is 0. The zero-order chi connectivity index (χ0) is 21.1. The minimum absolute atomic E-state index is 0.0420. The number of carbonyl (C=O) groups excluding carboxylic acids is 2. The zero-order valence-corrected chi connectivity index (χ0v) is 16.3. The molecule has 2 amide bonds. The van der Waals surface area contributed by atoms with Gasteiger partial charge < -0.3 is 4.42 Å². The predicted molar refractivity (Wildman–Crippen MR) is 112 cm³/mol. The number of carbonyl (C=O) groups is 2. The van der Waals surface area contributed by atoms with Gasteiger partial charge in [-0.1, -0.05) is 18.2 Å². The second kappa shape index (κ2) is 8.12. The average Bonchev–Trinajstić information content (AvgIpc) is 3.34. The Kier molecular flexibility index (Phi) is 5.21. The van der Waals surface area contributed by atoms with E-state index in [1.165, 1.54) is 6.08 Å². The molecule has 0 saturated carbocycles. The van der Waals surface area contributed by atoms with E-state index in [0.717, 1.165) is 22.2 Å². The van der Waals surface area contributed by atoms with E-state index < -0.39 is 11.1 Å². The summed E-state index contributed by atoms with van der Waals surface area (Å²) in [6.07, 6.45) is 1.54. The van der Waals surface area contributed by atoms with Crippen LogP contribution in [0, 0.1) is 22.7 Å². The maximum Gasteiger partial charge on any atom is 0.293 e. The number of furan rings is 1. The van der Waals surface area contributed by atoms with Crippen LogP contribution in [0.3, 0.4) is 0 Å². The number of thioether (sulfide) groups is 1. The van der Waals surface area contributed by atoms with Gasteiger partial charge in [-0.3, -0.25) is 14.5 Å². The highest BCUT2D eigenvalue weighted by molar-refractivity contribution is 8.18. The highest BCUT2D eigenvalue weighted by atomic mass is 32.2. The topological polar surface area (TPSA) is 98.1 Å². The Morgan fingerprint density at radius 2 is 1.73 bits per heavy atom. The van der Waals surface area contributed by atoms with E-state index in [-0.39, 0.29) is 11.4 Å². The van der Waals surface area contributed by atoms with Crippen LogP contribution in [0.25, 0.3) is 17.4 Å². The quantitative estimate of drug-likeness (QED) is 0.565. The van der Waals surface area contributed by atoms with E-state index in [0.29, 0.717) is 28.2 Å². The summed E-state index contributed by atoms with van der Waals surface area (Å²) >= 11 is 0.839. The highest BCUT2D eigenvalue weighted by Gasteiger charge is 2.35.